The van der Waals surface area contributed by atoms with E-state index in [4.69, 9.17) is 4.98 Å². The Bertz CT molecular complexity index is 976. The van der Waals surface area contributed by atoms with Gasteiger partial charge in [-0.1, -0.05) is 12.1 Å². The maximum absolute atomic E-state index is 12.6. The van der Waals surface area contributed by atoms with Gasteiger partial charge in [-0.2, -0.15) is 0 Å². The summed E-state index contributed by atoms with van der Waals surface area (Å²) in [5.74, 6) is 0.484. The van der Waals surface area contributed by atoms with Crippen LogP contribution in [0.5, 0.6) is 0 Å². The number of likely N-dealkylation sites (tertiary alicyclic amines) is 1. The molecular weight excluding hydrogens is 392 g/mol. The molecule has 6 heteroatoms. The molecule has 0 unspecified atom stereocenters. The summed E-state index contributed by atoms with van der Waals surface area (Å²) in [6.45, 7) is 4.59. The number of nitrogens with one attached hydrogen (secondary N) is 1. The van der Waals surface area contributed by atoms with Crippen LogP contribution in [0.1, 0.15) is 36.6 Å². The van der Waals surface area contributed by atoms with E-state index in [1.165, 1.54) is 28.2 Å². The zero-order valence-electron chi connectivity index (χ0n) is 17.2. The predicted molar refractivity (Wildman–Crippen MR) is 125 cm³/mol. The molecule has 0 spiro atoms. The molecule has 0 aliphatic carbocycles. The van der Waals surface area contributed by atoms with Gasteiger partial charge >= 0.3 is 0 Å². The lowest BCUT2D eigenvalue weighted by atomic mass is 9.99. The smallest absolute Gasteiger partial charge is 0.238 e. The summed E-state index contributed by atoms with van der Waals surface area (Å²) >= 11 is 1.80. The molecule has 2 aliphatic rings. The summed E-state index contributed by atoms with van der Waals surface area (Å²) in [4.78, 5) is 22.2. The van der Waals surface area contributed by atoms with Crippen LogP contribution in [0.4, 0.5) is 11.4 Å². The lowest BCUT2D eigenvalue weighted by Crippen LogP contribution is -2.39. The topological polar surface area (TPSA) is 48.5 Å². The van der Waals surface area contributed by atoms with Crippen LogP contribution in [0.15, 0.2) is 48.5 Å². The fourth-order valence-corrected chi connectivity index (χ4v) is 5.69. The zero-order chi connectivity index (χ0) is 20.3. The van der Waals surface area contributed by atoms with Crippen molar-refractivity contribution in [2.24, 2.45) is 0 Å². The monoisotopic (exact) mass is 420 g/mol. The fraction of sp³-hybridized carbons (Fsp3) is 0.417. The van der Waals surface area contributed by atoms with Crippen molar-refractivity contribution in [1.29, 1.82) is 0 Å². The van der Waals surface area contributed by atoms with E-state index in [1.54, 1.807) is 11.3 Å². The maximum Gasteiger partial charge on any atom is 0.238 e. The van der Waals surface area contributed by atoms with Crippen LogP contribution in [0, 0.1) is 0 Å². The van der Waals surface area contributed by atoms with Crippen molar-refractivity contribution < 1.29 is 4.79 Å². The van der Waals surface area contributed by atoms with Gasteiger partial charge in [0, 0.05) is 36.9 Å². The summed E-state index contributed by atoms with van der Waals surface area (Å²) in [7, 11) is 0. The Morgan fingerprint density at radius 2 is 1.83 bits per heavy atom. The highest BCUT2D eigenvalue weighted by Crippen LogP contribution is 2.33. The van der Waals surface area contributed by atoms with E-state index in [1.807, 2.05) is 18.2 Å². The highest BCUT2D eigenvalue weighted by molar-refractivity contribution is 7.18. The summed E-state index contributed by atoms with van der Waals surface area (Å²) in [6, 6.07) is 16.6. The van der Waals surface area contributed by atoms with Crippen molar-refractivity contribution in [2.45, 2.75) is 31.6 Å². The van der Waals surface area contributed by atoms with Crippen molar-refractivity contribution in [3.63, 3.8) is 0 Å². The lowest BCUT2D eigenvalue weighted by molar-refractivity contribution is -0.117. The van der Waals surface area contributed by atoms with E-state index in [0.717, 1.165) is 50.2 Å². The van der Waals surface area contributed by atoms with Crippen LogP contribution < -0.4 is 10.2 Å². The minimum absolute atomic E-state index is 0.0638. The van der Waals surface area contributed by atoms with Crippen molar-refractivity contribution in [1.82, 2.24) is 9.88 Å². The van der Waals surface area contributed by atoms with Gasteiger partial charge < -0.3 is 10.2 Å². The van der Waals surface area contributed by atoms with Crippen molar-refractivity contribution >= 4 is 38.8 Å². The Balaban J connectivity index is 1.17. The first-order valence-electron chi connectivity index (χ1n) is 11.0. The largest absolute Gasteiger partial charge is 0.372 e. The molecule has 30 heavy (non-hydrogen) atoms. The number of para-hydroxylation sites is 1. The van der Waals surface area contributed by atoms with Crippen LogP contribution >= 0.6 is 11.3 Å². The standard InChI is InChI=1S/C24H28N4OS/c29-23(25-19-9-11-20(12-10-19)28-14-3-4-15-28)17-27-13-5-6-18(16-27)24-26-21-7-1-2-8-22(21)30-24/h1-2,7-12,18H,3-6,13-17H2,(H,25,29)/t18-/m1/s1. The Kier molecular flexibility index (Phi) is 5.69. The molecule has 2 fully saturated rings. The molecule has 3 heterocycles. The number of hydrogen-bond acceptors (Lipinski definition) is 5. The summed E-state index contributed by atoms with van der Waals surface area (Å²) < 4.78 is 1.25. The minimum Gasteiger partial charge on any atom is -0.372 e. The first-order valence-corrected chi connectivity index (χ1v) is 11.8. The number of fused-ring (bicyclic) bond motifs is 1. The van der Waals surface area contributed by atoms with E-state index >= 15 is 0 Å². The van der Waals surface area contributed by atoms with Crippen LogP contribution in [-0.2, 0) is 4.79 Å². The molecule has 2 aromatic carbocycles. The van der Waals surface area contributed by atoms with Crippen LogP contribution in [-0.4, -0.2) is 48.5 Å². The van der Waals surface area contributed by atoms with Crippen LogP contribution in [0.3, 0.4) is 0 Å². The second-order valence-electron chi connectivity index (χ2n) is 8.38. The van der Waals surface area contributed by atoms with Crippen molar-refractivity contribution in [3.05, 3.63) is 53.5 Å². The number of amides is 1. The lowest BCUT2D eigenvalue weighted by Gasteiger charge is -2.31. The highest BCUT2D eigenvalue weighted by atomic mass is 32.1. The third kappa shape index (κ3) is 4.35. The number of carbonyl (C=O) groups excluding carboxylic acids is 1. The van der Waals surface area contributed by atoms with Gasteiger partial charge in [-0.05, 0) is 68.6 Å². The Labute approximate surface area is 181 Å². The number of rotatable bonds is 5. The maximum atomic E-state index is 12.6. The molecule has 5 rings (SSSR count). The van der Waals surface area contributed by atoms with E-state index < -0.39 is 0 Å². The third-order valence-corrected chi connectivity index (χ3v) is 7.35. The minimum atomic E-state index is 0.0638. The molecule has 1 N–H and O–H groups in total. The molecule has 1 amide bonds. The second-order valence-corrected chi connectivity index (χ2v) is 9.45. The van der Waals surface area contributed by atoms with Gasteiger partial charge in [-0.3, -0.25) is 9.69 Å². The average Bonchev–Trinajstić information content (AvgIpc) is 3.44. The summed E-state index contributed by atoms with van der Waals surface area (Å²) in [5, 5.41) is 4.28. The van der Waals surface area contributed by atoms with Crippen LogP contribution in [0.25, 0.3) is 10.2 Å². The number of anilines is 2. The molecule has 1 atom stereocenters. The Hall–Kier alpha value is -2.44. The fourth-order valence-electron chi connectivity index (χ4n) is 4.60. The number of nitrogens with zero attached hydrogens (tertiary/aromatic N) is 3. The molecule has 3 aromatic rings. The van der Waals surface area contributed by atoms with Crippen LogP contribution in [0.2, 0.25) is 0 Å². The molecule has 5 nitrogen and oxygen atoms in total. The number of benzene rings is 2. The van der Waals surface area contributed by atoms with E-state index in [9.17, 15) is 4.79 Å². The van der Waals surface area contributed by atoms with Gasteiger partial charge in [0.1, 0.15) is 0 Å². The molecule has 1 aromatic heterocycles. The van der Waals surface area contributed by atoms with Gasteiger partial charge in [0.15, 0.2) is 0 Å². The second kappa shape index (κ2) is 8.74. The van der Waals surface area contributed by atoms with Gasteiger partial charge in [-0.25, -0.2) is 4.98 Å². The molecule has 0 saturated carbocycles. The van der Waals surface area contributed by atoms with Gasteiger partial charge in [0.25, 0.3) is 0 Å². The number of thiazole rings is 1. The zero-order valence-corrected chi connectivity index (χ0v) is 18.0. The van der Waals surface area contributed by atoms with Crippen molar-refractivity contribution in [2.75, 3.05) is 42.9 Å². The molecule has 156 valence electrons. The van der Waals surface area contributed by atoms with Gasteiger partial charge in [0.2, 0.25) is 5.91 Å². The Morgan fingerprint density at radius 3 is 2.63 bits per heavy atom. The van der Waals surface area contributed by atoms with E-state index in [2.05, 4.69) is 45.4 Å². The van der Waals surface area contributed by atoms with E-state index in [-0.39, 0.29) is 5.91 Å². The predicted octanol–water partition coefficient (Wildman–Crippen LogP) is 4.71. The molecule has 2 saturated heterocycles. The number of aromatic nitrogens is 1. The van der Waals surface area contributed by atoms with Gasteiger partial charge in [-0.15, -0.1) is 11.3 Å². The van der Waals surface area contributed by atoms with Crippen molar-refractivity contribution in [3.8, 4) is 0 Å². The quantitative estimate of drug-likeness (QED) is 0.649. The van der Waals surface area contributed by atoms with Gasteiger partial charge in [0.05, 0.1) is 21.8 Å². The van der Waals surface area contributed by atoms with E-state index in [0.29, 0.717) is 12.5 Å². The normalized spacial score (nSPS) is 20.0. The summed E-state index contributed by atoms with van der Waals surface area (Å²) in [6.07, 6.45) is 4.80. The Morgan fingerprint density at radius 1 is 1.03 bits per heavy atom. The first kappa shape index (κ1) is 19.5. The number of carbonyl (C=O) groups is 1. The summed E-state index contributed by atoms with van der Waals surface area (Å²) in [5.41, 5.74) is 3.22. The molecular formula is C24H28N4OS. The average molecular weight is 421 g/mol. The number of hydrogen-bond donors (Lipinski definition) is 1. The molecule has 0 bridgehead atoms. The number of piperidine rings is 1. The molecule has 2 aliphatic heterocycles. The SMILES string of the molecule is O=C(CN1CCC[C@@H](c2nc3ccccc3s2)C1)Nc1ccc(N2CCCC2)cc1. The first-order chi connectivity index (χ1) is 14.7. The highest BCUT2D eigenvalue weighted by Gasteiger charge is 2.25. The molecule has 0 radical (unpaired) electrons. The third-order valence-electron chi connectivity index (χ3n) is 6.15.